The van der Waals surface area contributed by atoms with Crippen LogP contribution in [0.4, 0.5) is 19.1 Å². The zero-order chi connectivity index (χ0) is 29.3. The lowest BCUT2D eigenvalue weighted by Gasteiger charge is -2.15. The molecule has 2 saturated carbocycles. The van der Waals surface area contributed by atoms with Gasteiger partial charge in [0.15, 0.2) is 0 Å². The first kappa shape index (κ1) is 27.0. The summed E-state index contributed by atoms with van der Waals surface area (Å²) in [5.74, 6) is 0.660. The van der Waals surface area contributed by atoms with E-state index in [2.05, 4.69) is 26.4 Å². The molecule has 216 valence electrons. The van der Waals surface area contributed by atoms with Crippen molar-refractivity contribution in [3.8, 4) is 22.7 Å². The van der Waals surface area contributed by atoms with Crippen LogP contribution in [0.15, 0.2) is 45.7 Å². The summed E-state index contributed by atoms with van der Waals surface area (Å²) in [4.78, 5) is 21.6. The molecule has 4 heterocycles. The van der Waals surface area contributed by atoms with Crippen LogP contribution in [0.25, 0.3) is 28.8 Å². The normalized spacial score (nSPS) is 21.7. The van der Waals surface area contributed by atoms with Crippen molar-refractivity contribution in [2.45, 2.75) is 24.9 Å². The monoisotopic (exact) mass is 617 g/mol. The van der Waals surface area contributed by atoms with Crippen LogP contribution in [0.5, 0.6) is 0 Å². The number of benzene rings is 1. The van der Waals surface area contributed by atoms with Crippen LogP contribution in [-0.2, 0) is 6.18 Å². The van der Waals surface area contributed by atoms with Crippen LogP contribution >= 0.6 is 23.2 Å². The van der Waals surface area contributed by atoms with E-state index in [-0.39, 0.29) is 17.4 Å². The van der Waals surface area contributed by atoms with E-state index in [9.17, 15) is 23.1 Å². The van der Waals surface area contributed by atoms with E-state index >= 15 is 0 Å². The van der Waals surface area contributed by atoms with Crippen molar-refractivity contribution >= 4 is 41.2 Å². The van der Waals surface area contributed by atoms with E-state index in [1.54, 1.807) is 0 Å². The van der Waals surface area contributed by atoms with Gasteiger partial charge < -0.3 is 19.1 Å². The lowest BCUT2D eigenvalue weighted by molar-refractivity contribution is -0.137. The molecule has 0 spiro atoms. The number of halogens is 5. The lowest BCUT2D eigenvalue weighted by Crippen LogP contribution is -2.24. The van der Waals surface area contributed by atoms with Crippen molar-refractivity contribution in [2.75, 3.05) is 18.0 Å². The summed E-state index contributed by atoms with van der Waals surface area (Å²) in [6.45, 7) is 1.27. The van der Waals surface area contributed by atoms with Crippen molar-refractivity contribution in [1.29, 1.82) is 0 Å². The number of hydrogen-bond acceptors (Lipinski definition) is 8. The van der Waals surface area contributed by atoms with Gasteiger partial charge in [0.1, 0.15) is 11.5 Å². The third-order valence-electron chi connectivity index (χ3n) is 7.99. The highest BCUT2D eigenvalue weighted by Crippen LogP contribution is 2.54. The molecule has 3 aromatic heterocycles. The van der Waals surface area contributed by atoms with Crippen molar-refractivity contribution in [3.05, 3.63) is 69.2 Å². The molecule has 14 heteroatoms. The van der Waals surface area contributed by atoms with E-state index < -0.39 is 23.3 Å². The summed E-state index contributed by atoms with van der Waals surface area (Å²) >= 11 is 12.8. The van der Waals surface area contributed by atoms with Gasteiger partial charge in [0.05, 0.1) is 21.2 Å². The Morgan fingerprint density at radius 1 is 1.05 bits per heavy atom. The lowest BCUT2D eigenvalue weighted by atomic mass is 10.0. The average Bonchev–Trinajstić information content (AvgIpc) is 3.67. The number of carboxylic acid groups (broad SMARTS) is 1. The molecule has 0 amide bonds. The van der Waals surface area contributed by atoms with Gasteiger partial charge >= 0.3 is 12.1 Å². The van der Waals surface area contributed by atoms with Gasteiger partial charge in [0, 0.05) is 48.1 Å². The van der Waals surface area contributed by atoms with Crippen LogP contribution in [0.2, 0.25) is 10.0 Å². The van der Waals surface area contributed by atoms with Crippen LogP contribution in [-0.4, -0.2) is 44.4 Å². The van der Waals surface area contributed by atoms with Gasteiger partial charge in [-0.05, 0) is 54.0 Å². The van der Waals surface area contributed by atoms with Crippen LogP contribution in [0.1, 0.15) is 46.0 Å². The van der Waals surface area contributed by atoms with E-state index in [1.165, 1.54) is 12.4 Å². The minimum absolute atomic E-state index is 0.114. The van der Waals surface area contributed by atoms with Gasteiger partial charge in [0.2, 0.25) is 0 Å². The second-order valence-electron chi connectivity index (χ2n) is 10.7. The summed E-state index contributed by atoms with van der Waals surface area (Å²) < 4.78 is 50.9. The average molecular weight is 618 g/mol. The molecule has 1 aromatic carbocycles. The Morgan fingerprint density at radius 2 is 1.76 bits per heavy atom. The predicted molar refractivity (Wildman–Crippen MR) is 145 cm³/mol. The molecule has 2 atom stereocenters. The molecule has 0 radical (unpaired) electrons. The first-order valence-corrected chi connectivity index (χ1v) is 13.9. The summed E-state index contributed by atoms with van der Waals surface area (Å²) in [6.07, 6.45) is 4.54. The second-order valence-corrected chi connectivity index (χ2v) is 11.5. The fourth-order valence-electron chi connectivity index (χ4n) is 5.66. The van der Waals surface area contributed by atoms with Gasteiger partial charge in [-0.15, -0.1) is 0 Å². The Kier molecular flexibility index (Phi) is 6.32. The van der Waals surface area contributed by atoms with Crippen molar-refractivity contribution in [2.24, 2.45) is 17.8 Å². The Hall–Kier alpha value is -3.90. The molecule has 1 aliphatic heterocycles. The van der Waals surface area contributed by atoms with E-state index in [0.717, 1.165) is 36.3 Å². The molecular formula is C28H20Cl2F3N5O4. The summed E-state index contributed by atoms with van der Waals surface area (Å²) in [5, 5.41) is 18.3. The number of fused-ring (bicyclic) bond motifs is 1. The second kappa shape index (κ2) is 9.84. The number of alkyl halides is 3. The van der Waals surface area contributed by atoms with Crippen LogP contribution in [0, 0.1) is 17.8 Å². The maximum atomic E-state index is 13.3. The zero-order valence-corrected chi connectivity index (χ0v) is 23.0. The predicted octanol–water partition coefficient (Wildman–Crippen LogP) is 7.08. The van der Waals surface area contributed by atoms with E-state index in [1.807, 2.05) is 11.0 Å². The number of hydrogen-bond donors (Lipinski definition) is 1. The summed E-state index contributed by atoms with van der Waals surface area (Å²) in [7, 11) is 0. The molecule has 2 aliphatic carbocycles. The van der Waals surface area contributed by atoms with Gasteiger partial charge in [-0.2, -0.15) is 18.2 Å². The highest BCUT2D eigenvalue weighted by molar-refractivity contribution is 6.39. The van der Waals surface area contributed by atoms with Crippen LogP contribution in [0.3, 0.4) is 0 Å². The third-order valence-corrected chi connectivity index (χ3v) is 8.57. The SMILES string of the molecule is O=C(O)c1cc(-c2nc(N3CC4C(/C=C/c5c(-c6c(Cl)cncc6Cl)noc5C5CC5)C4C3)no2)cc(C(F)(F)F)c1. The largest absolute Gasteiger partial charge is 0.478 e. The number of piperidine rings is 1. The number of allylic oxidation sites excluding steroid dienone is 1. The third kappa shape index (κ3) is 4.82. The zero-order valence-electron chi connectivity index (χ0n) is 21.5. The molecule has 1 N–H and O–H groups in total. The molecule has 1 saturated heterocycles. The smallest absolute Gasteiger partial charge is 0.416 e. The molecule has 7 rings (SSSR count). The van der Waals surface area contributed by atoms with Crippen molar-refractivity contribution in [3.63, 3.8) is 0 Å². The number of carbonyl (C=O) groups is 1. The standard InChI is InChI=1S/C28H20Cl2F3N5O4/c29-20-8-34-9-21(30)22(20)23-17(24(41-36-23)12-1-2-12)4-3-16-18-10-38(11-19(16)18)27-35-25(42-37-27)13-5-14(26(39)40)7-15(6-13)28(31,32)33/h3-9,12,16,18-19H,1-2,10-11H2,(H,39,40)/b4-3+. The number of aromatic nitrogens is 4. The topological polar surface area (TPSA) is 118 Å². The molecule has 3 aliphatic rings. The Bertz CT molecular complexity index is 1720. The molecule has 3 fully saturated rings. The van der Waals surface area contributed by atoms with Gasteiger partial charge in [-0.1, -0.05) is 40.5 Å². The molecule has 9 nitrogen and oxygen atoms in total. The van der Waals surface area contributed by atoms with E-state index in [0.29, 0.717) is 64.1 Å². The molecular weight excluding hydrogens is 598 g/mol. The number of anilines is 1. The van der Waals surface area contributed by atoms with Gasteiger partial charge in [-0.3, -0.25) is 4.98 Å². The highest BCUT2D eigenvalue weighted by atomic mass is 35.5. The van der Waals surface area contributed by atoms with E-state index in [4.69, 9.17) is 32.2 Å². The molecule has 4 aromatic rings. The minimum atomic E-state index is -4.73. The Balaban J connectivity index is 1.08. The number of carboxylic acids is 1. The Labute approximate surface area is 245 Å². The molecule has 42 heavy (non-hydrogen) atoms. The first-order valence-electron chi connectivity index (χ1n) is 13.1. The molecule has 0 bridgehead atoms. The number of rotatable bonds is 7. The minimum Gasteiger partial charge on any atom is -0.478 e. The van der Waals surface area contributed by atoms with Crippen molar-refractivity contribution < 1.29 is 32.1 Å². The molecule has 2 unspecified atom stereocenters. The first-order chi connectivity index (χ1) is 20.1. The maximum Gasteiger partial charge on any atom is 0.416 e. The quantitative estimate of drug-likeness (QED) is 0.232. The number of nitrogens with zero attached hydrogens (tertiary/aromatic N) is 5. The van der Waals surface area contributed by atoms with Crippen LogP contribution < -0.4 is 4.90 Å². The number of pyridine rings is 1. The van der Waals surface area contributed by atoms with Gasteiger partial charge in [-0.25, -0.2) is 4.79 Å². The van der Waals surface area contributed by atoms with Crippen molar-refractivity contribution in [1.82, 2.24) is 20.3 Å². The highest BCUT2D eigenvalue weighted by Gasteiger charge is 2.55. The fourth-order valence-corrected chi connectivity index (χ4v) is 6.20. The fraction of sp³-hybridized carbons (Fsp3) is 0.321. The summed E-state index contributed by atoms with van der Waals surface area (Å²) in [5.41, 5.74) is 0.276. The summed E-state index contributed by atoms with van der Waals surface area (Å²) in [6, 6.07) is 2.45. The maximum absolute atomic E-state index is 13.3. The Morgan fingerprint density at radius 3 is 2.40 bits per heavy atom. The number of aromatic carboxylic acids is 1. The van der Waals surface area contributed by atoms with Gasteiger partial charge in [0.25, 0.3) is 11.8 Å².